The number of anilines is 2. The maximum Gasteiger partial charge on any atom is 0.219 e. The van der Waals surface area contributed by atoms with Crippen molar-refractivity contribution in [2.24, 2.45) is 0 Å². The number of amides is 1. The molecule has 1 aliphatic heterocycles. The third-order valence-corrected chi connectivity index (χ3v) is 6.56. The Morgan fingerprint density at radius 3 is 2.68 bits per heavy atom. The Bertz CT molecular complexity index is 1350. The molecular weight excluding hydrogens is 428 g/mol. The van der Waals surface area contributed by atoms with E-state index >= 15 is 0 Å². The molecule has 176 valence electrons. The fraction of sp³-hybridized carbons (Fsp3) is 0.360. The summed E-state index contributed by atoms with van der Waals surface area (Å²) in [7, 11) is 0. The van der Waals surface area contributed by atoms with Crippen LogP contribution in [0.4, 0.5) is 11.5 Å². The Morgan fingerprint density at radius 1 is 1.12 bits per heavy atom. The van der Waals surface area contributed by atoms with Crippen molar-refractivity contribution >= 4 is 22.9 Å². The fourth-order valence-electron chi connectivity index (χ4n) is 4.88. The molecule has 3 aromatic heterocycles. The Kier molecular flexibility index (Phi) is 5.47. The van der Waals surface area contributed by atoms with Crippen molar-refractivity contribution in [1.82, 2.24) is 29.3 Å². The molecule has 1 fully saturated rings. The highest BCUT2D eigenvalue weighted by Crippen LogP contribution is 2.36. The van der Waals surface area contributed by atoms with E-state index in [-0.39, 0.29) is 18.0 Å². The number of fused-ring (bicyclic) bond motifs is 1. The fourth-order valence-corrected chi connectivity index (χ4v) is 4.88. The van der Waals surface area contributed by atoms with Crippen LogP contribution in [0.1, 0.15) is 33.7 Å². The van der Waals surface area contributed by atoms with E-state index in [2.05, 4.69) is 71.2 Å². The molecule has 1 saturated heterocycles. The molecule has 1 aromatic carbocycles. The van der Waals surface area contributed by atoms with Gasteiger partial charge in [-0.05, 0) is 45.0 Å². The monoisotopic (exact) mass is 458 g/mol. The predicted molar refractivity (Wildman–Crippen MR) is 134 cm³/mol. The van der Waals surface area contributed by atoms with Crippen LogP contribution in [0, 0.1) is 0 Å². The number of aromatic nitrogens is 5. The van der Waals surface area contributed by atoms with Gasteiger partial charge in [0.1, 0.15) is 11.8 Å². The zero-order valence-corrected chi connectivity index (χ0v) is 20.0. The summed E-state index contributed by atoms with van der Waals surface area (Å²) in [5, 5.41) is 9.05. The van der Waals surface area contributed by atoms with E-state index in [9.17, 15) is 4.79 Å². The molecule has 0 unspecified atom stereocenters. The lowest BCUT2D eigenvalue weighted by Crippen LogP contribution is -2.53. The topological polar surface area (TPSA) is 97.6 Å². The van der Waals surface area contributed by atoms with Gasteiger partial charge in [0.05, 0.1) is 11.4 Å². The minimum Gasteiger partial charge on any atom is -0.382 e. The number of carbonyl (C=O) groups excluding carboxylic acids is 1. The predicted octanol–water partition coefficient (Wildman–Crippen LogP) is 3.48. The van der Waals surface area contributed by atoms with Crippen LogP contribution in [-0.2, 0) is 4.79 Å². The third-order valence-electron chi connectivity index (χ3n) is 6.56. The molecule has 2 N–H and O–H groups in total. The van der Waals surface area contributed by atoms with Gasteiger partial charge in [-0.15, -0.1) is 0 Å². The van der Waals surface area contributed by atoms with Crippen LogP contribution in [0.2, 0.25) is 0 Å². The Morgan fingerprint density at radius 2 is 1.94 bits per heavy atom. The number of benzene rings is 1. The normalized spacial score (nSPS) is 16.6. The molecule has 1 amide bonds. The highest BCUT2D eigenvalue weighted by molar-refractivity contribution is 5.91. The van der Waals surface area contributed by atoms with E-state index < -0.39 is 0 Å². The Hall–Kier alpha value is -3.88. The van der Waals surface area contributed by atoms with E-state index in [0.717, 1.165) is 53.4 Å². The number of nitrogens with two attached hydrogens (primary N) is 1. The van der Waals surface area contributed by atoms with Crippen LogP contribution in [0.3, 0.4) is 0 Å². The zero-order valence-electron chi connectivity index (χ0n) is 20.0. The van der Waals surface area contributed by atoms with Gasteiger partial charge in [-0.3, -0.25) is 9.48 Å². The summed E-state index contributed by atoms with van der Waals surface area (Å²) in [5.74, 6) is 0.559. The van der Waals surface area contributed by atoms with Gasteiger partial charge in [0.15, 0.2) is 5.82 Å². The summed E-state index contributed by atoms with van der Waals surface area (Å²) >= 11 is 0. The van der Waals surface area contributed by atoms with Gasteiger partial charge in [-0.2, -0.15) is 10.2 Å². The number of hydrogen-bond donors (Lipinski definition) is 1. The molecule has 5 rings (SSSR count). The Labute approximate surface area is 198 Å². The van der Waals surface area contributed by atoms with Gasteiger partial charge < -0.3 is 15.5 Å². The molecule has 0 saturated carbocycles. The van der Waals surface area contributed by atoms with E-state index in [0.29, 0.717) is 5.82 Å². The molecule has 4 aromatic rings. The first-order valence-electron chi connectivity index (χ1n) is 11.6. The molecule has 0 bridgehead atoms. The molecule has 0 radical (unpaired) electrons. The van der Waals surface area contributed by atoms with E-state index in [1.165, 1.54) is 6.33 Å². The largest absolute Gasteiger partial charge is 0.382 e. The van der Waals surface area contributed by atoms with Crippen molar-refractivity contribution < 1.29 is 4.79 Å². The van der Waals surface area contributed by atoms with E-state index in [1.807, 2.05) is 20.2 Å². The number of carbonyl (C=O) groups is 1. The summed E-state index contributed by atoms with van der Waals surface area (Å²) in [6.07, 6.45) is 3.30. The molecule has 34 heavy (non-hydrogen) atoms. The van der Waals surface area contributed by atoms with Gasteiger partial charge >= 0.3 is 0 Å². The highest BCUT2D eigenvalue weighted by Gasteiger charge is 2.26. The average molecular weight is 459 g/mol. The van der Waals surface area contributed by atoms with Crippen molar-refractivity contribution in [2.45, 2.75) is 39.8 Å². The van der Waals surface area contributed by atoms with Crippen LogP contribution < -0.4 is 10.6 Å². The van der Waals surface area contributed by atoms with Gasteiger partial charge in [-0.25, -0.2) is 9.50 Å². The van der Waals surface area contributed by atoms with Crippen molar-refractivity contribution in [1.29, 1.82) is 0 Å². The molecular formula is C25H30N8O. The van der Waals surface area contributed by atoms with Crippen LogP contribution in [-0.4, -0.2) is 60.9 Å². The standard InChI is InChI=1S/C25H30N8O/c1-16(2)32-22(8-9-28-32)21-13-23(33-24(21)25(26)27-15-29-33)19-6-5-7-20(12-19)31-11-10-30(18(4)34)14-17(31)3/h5-9,12-13,15-17H,10-11,14H2,1-4H3,(H2,26,27,29)/t17-/m0/s1. The number of nitrogens with zero attached hydrogens (tertiary/aromatic N) is 7. The average Bonchev–Trinajstić information content (AvgIpc) is 3.45. The van der Waals surface area contributed by atoms with Gasteiger partial charge in [0, 0.05) is 61.7 Å². The maximum absolute atomic E-state index is 11.8. The van der Waals surface area contributed by atoms with Crippen molar-refractivity contribution in [2.75, 3.05) is 30.3 Å². The molecule has 0 aliphatic carbocycles. The van der Waals surface area contributed by atoms with Gasteiger partial charge in [0.2, 0.25) is 5.91 Å². The first kappa shape index (κ1) is 21.9. The zero-order chi connectivity index (χ0) is 24.0. The molecule has 4 heterocycles. The molecule has 1 aliphatic rings. The second-order valence-electron chi connectivity index (χ2n) is 9.16. The van der Waals surface area contributed by atoms with Crippen molar-refractivity contribution in [3.05, 3.63) is 48.9 Å². The number of rotatable bonds is 4. The maximum atomic E-state index is 11.8. The summed E-state index contributed by atoms with van der Waals surface area (Å²) in [5.41, 5.74) is 12.1. The molecule has 0 spiro atoms. The smallest absolute Gasteiger partial charge is 0.219 e. The van der Waals surface area contributed by atoms with E-state index in [1.54, 1.807) is 13.1 Å². The van der Waals surface area contributed by atoms with Crippen molar-refractivity contribution in [3.63, 3.8) is 0 Å². The lowest BCUT2D eigenvalue weighted by atomic mass is 10.1. The lowest BCUT2D eigenvalue weighted by molar-refractivity contribution is -0.129. The number of hydrogen-bond acceptors (Lipinski definition) is 6. The van der Waals surface area contributed by atoms with Gasteiger partial charge in [-0.1, -0.05) is 12.1 Å². The Balaban J connectivity index is 1.59. The van der Waals surface area contributed by atoms with Gasteiger partial charge in [0.25, 0.3) is 0 Å². The second-order valence-corrected chi connectivity index (χ2v) is 9.16. The lowest BCUT2D eigenvalue weighted by Gasteiger charge is -2.41. The second kappa shape index (κ2) is 8.48. The number of nitrogen functional groups attached to an aromatic ring is 1. The summed E-state index contributed by atoms with van der Waals surface area (Å²) < 4.78 is 3.85. The van der Waals surface area contributed by atoms with Crippen molar-refractivity contribution in [3.8, 4) is 22.5 Å². The van der Waals surface area contributed by atoms with Crippen LogP contribution in [0.5, 0.6) is 0 Å². The summed E-state index contributed by atoms with van der Waals surface area (Å²) in [6, 6.07) is 13.0. The minimum absolute atomic E-state index is 0.130. The quantitative estimate of drug-likeness (QED) is 0.503. The third kappa shape index (κ3) is 3.67. The highest BCUT2D eigenvalue weighted by atomic mass is 16.2. The molecule has 9 heteroatoms. The summed E-state index contributed by atoms with van der Waals surface area (Å²) in [6.45, 7) is 10.3. The first-order valence-corrected chi connectivity index (χ1v) is 11.6. The molecule has 9 nitrogen and oxygen atoms in total. The SMILES string of the molecule is CC(=O)N1CCN(c2cccc(-c3cc(-c4ccnn4C(C)C)c4c(N)ncnn34)c2)[C@@H](C)C1. The van der Waals surface area contributed by atoms with Crippen LogP contribution >= 0.6 is 0 Å². The minimum atomic E-state index is 0.130. The first-order chi connectivity index (χ1) is 16.3. The van der Waals surface area contributed by atoms with Crippen LogP contribution in [0.15, 0.2) is 48.9 Å². The van der Waals surface area contributed by atoms with E-state index in [4.69, 9.17) is 5.73 Å². The molecule has 1 atom stereocenters. The summed E-state index contributed by atoms with van der Waals surface area (Å²) in [4.78, 5) is 20.3. The number of piperazine rings is 1. The van der Waals surface area contributed by atoms with Crippen LogP contribution in [0.25, 0.3) is 28.0 Å².